The second-order valence-electron chi connectivity index (χ2n) is 30.0. The number of nitrogens with zero attached hydrogens (tertiary/aromatic N) is 9. The Bertz CT molecular complexity index is 6820. The van der Waals surface area contributed by atoms with E-state index >= 15 is 0 Å². The molecule has 0 bridgehead atoms. The topological polar surface area (TPSA) is 576 Å². The summed E-state index contributed by atoms with van der Waals surface area (Å²) >= 11 is 9.52. The minimum Gasteiger partial charge on any atom is -0.450 e. The van der Waals surface area contributed by atoms with Crippen LogP contribution in [0.2, 0.25) is 0 Å². The molecule has 13 aromatic rings. The van der Waals surface area contributed by atoms with Gasteiger partial charge in [0.25, 0.3) is 53.2 Å². The number of piperidine rings is 2. The molecular weight excluding hydrogens is 2010 g/mol. The van der Waals surface area contributed by atoms with E-state index in [4.69, 9.17) is 5.26 Å². The number of hydrogen-bond donors (Lipinski definition) is 11. The molecule has 2 aromatic carbocycles. The molecule has 13 heterocycles. The van der Waals surface area contributed by atoms with Gasteiger partial charge in [0.2, 0.25) is 0 Å². The highest BCUT2D eigenvalue weighted by Gasteiger charge is 2.33. The number of aryl methyl sites for hydroxylation is 2. The largest absolute Gasteiger partial charge is 0.450 e. The van der Waals surface area contributed by atoms with Gasteiger partial charge >= 0.3 is 42.5 Å². The number of thiophene rings is 5. The first-order valence-corrected chi connectivity index (χ1v) is 50.2. The van der Waals surface area contributed by atoms with Crippen molar-refractivity contribution in [3.63, 3.8) is 0 Å². The van der Waals surface area contributed by atoms with Gasteiger partial charge in [0.15, 0.2) is 20.8 Å². The Morgan fingerprint density at radius 1 is 0.399 bits per heavy atom. The molecule has 2 aliphatic heterocycles. The maximum Gasteiger partial charge on any atom is 0.414 e. The quantitative estimate of drug-likeness (QED) is 0.0209. The molecule has 0 radical (unpaired) electrons. The number of hydrogen-bond acceptors (Lipinski definition) is 37. The van der Waals surface area contributed by atoms with E-state index in [-0.39, 0.29) is 143 Å². The number of fused-ring (bicyclic) bond motifs is 3. The zero-order chi connectivity index (χ0) is 103. The molecule has 143 heavy (non-hydrogen) atoms. The number of alkyl halides is 1. The molecule has 42 nitrogen and oxygen atoms in total. The Morgan fingerprint density at radius 2 is 0.755 bits per heavy atom. The third kappa shape index (κ3) is 31.1. The first-order valence-electron chi connectivity index (χ1n) is 43.3. The monoisotopic (exact) mass is 2100 g/mol. The summed E-state index contributed by atoms with van der Waals surface area (Å²) in [5.41, 5.74) is 4.52. The molecule has 2 aliphatic rings. The fourth-order valence-corrected chi connectivity index (χ4v) is 19.2. The number of likely N-dealkylation sites (tertiary alicyclic amines) is 2. The average Bonchev–Trinajstić information content (AvgIpc) is 1.69. The molecule has 2 fully saturated rings. The van der Waals surface area contributed by atoms with Crippen LogP contribution in [-0.2, 0) is 30.1 Å². The van der Waals surface area contributed by atoms with Crippen molar-refractivity contribution in [3.05, 3.63) is 218 Å². The molecule has 0 saturated carbocycles. The van der Waals surface area contributed by atoms with Crippen molar-refractivity contribution in [2.75, 3.05) is 91.1 Å². The number of carbonyl (C=O) groups is 17. The predicted octanol–water partition coefficient (Wildman–Crippen LogP) is 17.5. The third-order valence-corrected chi connectivity index (χ3v) is 27.0. The number of pyridine rings is 3. The van der Waals surface area contributed by atoms with E-state index in [1.54, 1.807) is 78.6 Å². The summed E-state index contributed by atoms with van der Waals surface area (Å²) in [6, 6.07) is 27.8. The number of nitrogens with one attached hydrogen (secondary N) is 11. The normalized spacial score (nSPS) is 12.1. The van der Waals surface area contributed by atoms with Gasteiger partial charge in [-0.1, -0.05) is 23.5 Å². The molecule has 0 atom stereocenters. The SMILES string of the molecule is CCOC(=O)NC(=O)c1ccsc1CC(=O)c1nc2cc(C#N)cnc2s1.CCOC(=O)NC(=O)c1ccsc1NC(=O)c1ccnc(NC(=O)N2CCC(C)(F)CC2)c1.CCOC(=O)NC(=O)c1ccsc1NC(=O)c1ccnc(NC(=O)N2CCCCC2)c1.CCOC(=O)NC(=O)c1ccsc1NC(=O)c1nc2cc(C)ccc2s1.CCOC(=O)NC(=O)c1ccsc1NC(=O)c1nc2cc(C)ccc2s1. The predicted molar refractivity (Wildman–Crippen MR) is 537 cm³/mol. The van der Waals surface area contributed by atoms with E-state index < -0.39 is 95.3 Å². The fourth-order valence-electron chi connectivity index (χ4n) is 12.7. The third-order valence-electron chi connectivity index (χ3n) is 19.7. The number of rotatable bonds is 23. The van der Waals surface area contributed by atoms with Crippen molar-refractivity contribution in [3.8, 4) is 6.07 Å². The van der Waals surface area contributed by atoms with Gasteiger partial charge in [-0.05, 0) is 210 Å². The van der Waals surface area contributed by atoms with Crippen molar-refractivity contribution < 1.29 is 110 Å². The highest BCUT2D eigenvalue weighted by Crippen LogP contribution is 2.34. The molecule has 0 unspecified atom stereocenters. The van der Waals surface area contributed by atoms with Crippen molar-refractivity contribution in [1.29, 1.82) is 5.26 Å². The highest BCUT2D eigenvalue weighted by atomic mass is 32.1. The molecule has 0 aliphatic carbocycles. The Morgan fingerprint density at radius 3 is 1.14 bits per heavy atom. The summed E-state index contributed by atoms with van der Waals surface area (Å²) in [6.45, 7) is 16.2. The average molecular weight is 2100 g/mol. The smallest absolute Gasteiger partial charge is 0.414 e. The van der Waals surface area contributed by atoms with E-state index in [0.717, 1.165) is 84.8 Å². The Labute approximate surface area is 844 Å². The molecule has 15 rings (SSSR count). The number of benzene rings is 2. The van der Waals surface area contributed by atoms with E-state index in [1.807, 2.05) is 56.3 Å². The van der Waals surface area contributed by atoms with Gasteiger partial charge in [0.05, 0.1) is 86.8 Å². The maximum absolute atomic E-state index is 13.9. The van der Waals surface area contributed by atoms with Crippen LogP contribution in [0, 0.1) is 25.2 Å². The zero-order valence-corrected chi connectivity index (χ0v) is 83.6. The van der Waals surface area contributed by atoms with Crippen LogP contribution in [0.1, 0.15) is 197 Å². The number of halogens is 1. The number of anilines is 6. The van der Waals surface area contributed by atoms with E-state index in [1.165, 1.54) is 136 Å². The number of nitriles is 1. The minimum absolute atomic E-state index is 0.0336. The van der Waals surface area contributed by atoms with Gasteiger partial charge in [-0.2, -0.15) is 5.26 Å². The number of carbonyl (C=O) groups excluding carboxylic acids is 17. The van der Waals surface area contributed by atoms with E-state index in [0.29, 0.717) is 53.9 Å². The van der Waals surface area contributed by atoms with Gasteiger partial charge in [0, 0.05) is 67.2 Å². The van der Waals surface area contributed by atoms with Gasteiger partial charge in [0.1, 0.15) is 53.7 Å². The molecule has 11 N–H and O–H groups in total. The number of imide groups is 5. The number of alkyl carbamates (subject to hydrolysis) is 5. The molecule has 18 amide bonds. The standard InChI is InChI=1S/C21H24FN5O5S.C20H23N5O5S.C17H12N4O4S2.2C17H15N3O4S2/c1-3-32-20(31)26-17(29)14-5-11-33-18(14)25-16(28)13-4-8-23-15(12-13)24-19(30)27-9-6-21(2,22)7-10-27;1-2-30-20(29)24-17(27)14-7-11-31-18(14)23-16(26)13-6-8-21-15(12-13)22-19(28)25-9-4-3-5-10-25;1-2-25-17(24)21-14(23)10-3-4-26-13(10)6-12(22)16-20-11-5-9(7-18)8-19-15(11)27-16;2*1-3-24-17(23)20-13(21)10-6-7-25-15(10)19-14(22)16-18-11-8-9(2)4-5-12(11)26-16/h4-5,8,11-12H,3,6-7,9-10H2,1-2H3,(H,25,28)(H,23,24,30)(H,26,29,31);6-8,11-12H,2-5,9-10H2,1H3,(H,23,26)(H,21,22,28)(H,24,27,29);3-5,8H,2,6H2,1H3,(H,21,23,24);2*4-8H,3H2,1-2H3,(H,19,22)(H,20,21,23). The van der Waals surface area contributed by atoms with Crippen molar-refractivity contribution in [1.82, 2.24) is 66.3 Å². The molecule has 11 aromatic heterocycles. The van der Waals surface area contributed by atoms with Crippen molar-refractivity contribution in [2.45, 2.75) is 99.6 Å². The lowest BCUT2D eigenvalue weighted by Crippen LogP contribution is -2.45. The number of Topliss-reactive ketones (excluding diaryl/α,β-unsaturated/α-hetero) is 1. The zero-order valence-electron chi connectivity index (χ0n) is 77.1. The van der Waals surface area contributed by atoms with Crippen LogP contribution < -0.4 is 58.5 Å². The summed E-state index contributed by atoms with van der Waals surface area (Å²) in [5, 5.41) is 45.6. The second kappa shape index (κ2) is 52.0. The summed E-state index contributed by atoms with van der Waals surface area (Å²) in [5.74, 6) is -4.98. The lowest BCUT2D eigenvalue weighted by atomic mass is 9.96. The van der Waals surface area contributed by atoms with Crippen LogP contribution in [0.3, 0.4) is 0 Å². The number of ether oxygens (including phenoxy) is 5. The number of thiazole rings is 3. The Kier molecular flexibility index (Phi) is 39.1. The first-order chi connectivity index (χ1) is 68.6. The van der Waals surface area contributed by atoms with Crippen LogP contribution in [0.25, 0.3) is 30.8 Å². The molecule has 51 heteroatoms. The summed E-state index contributed by atoms with van der Waals surface area (Å²) in [6.07, 6.45) is 3.48. The number of amides is 18. The minimum atomic E-state index is -1.28. The van der Waals surface area contributed by atoms with Crippen molar-refractivity contribution in [2.24, 2.45) is 0 Å². The van der Waals surface area contributed by atoms with Crippen LogP contribution >= 0.6 is 90.7 Å². The molecule has 2 saturated heterocycles. The number of urea groups is 2. The lowest BCUT2D eigenvalue weighted by molar-refractivity contribution is 0.0902. The van der Waals surface area contributed by atoms with Gasteiger partial charge in [-0.25, -0.2) is 67.9 Å². The molecule has 744 valence electrons. The summed E-state index contributed by atoms with van der Waals surface area (Å²) in [4.78, 5) is 235. The number of ketones is 1. The lowest BCUT2D eigenvalue weighted by Gasteiger charge is -2.33. The Hall–Kier alpha value is -15.7. The van der Waals surface area contributed by atoms with Gasteiger partial charge in [-0.3, -0.25) is 85.2 Å². The van der Waals surface area contributed by atoms with Gasteiger partial charge in [-0.15, -0.1) is 79.4 Å². The molecular formula is C92H89FN20O22S8. The van der Waals surface area contributed by atoms with Crippen LogP contribution in [0.5, 0.6) is 0 Å². The Balaban J connectivity index is 0.000000171. The summed E-state index contributed by atoms with van der Waals surface area (Å²) in [7, 11) is 0. The maximum atomic E-state index is 13.9. The van der Waals surface area contributed by atoms with Crippen LogP contribution in [-0.4, -0.2) is 206 Å². The van der Waals surface area contributed by atoms with Crippen molar-refractivity contribution >= 4 is 255 Å². The second-order valence-corrected chi connectivity index (χ2v) is 37.7. The summed E-state index contributed by atoms with van der Waals surface area (Å²) < 4.78 is 39.2. The highest BCUT2D eigenvalue weighted by molar-refractivity contribution is 7.21. The molecule has 0 spiro atoms. The van der Waals surface area contributed by atoms with Crippen LogP contribution in [0.15, 0.2) is 143 Å². The number of aromatic nitrogens is 6. The van der Waals surface area contributed by atoms with Gasteiger partial charge < -0.3 is 54.8 Å². The van der Waals surface area contributed by atoms with Crippen LogP contribution in [0.4, 0.5) is 69.6 Å². The fraction of sp³-hybridized carbons (Fsp3) is 0.261. The first kappa shape index (κ1) is 108. The van der Waals surface area contributed by atoms with E-state index in [9.17, 15) is 85.9 Å². The van der Waals surface area contributed by atoms with E-state index in [2.05, 4.69) is 112 Å².